The molecule has 2 aromatic rings. The molecule has 21 heavy (non-hydrogen) atoms. The van der Waals surface area contributed by atoms with Gasteiger partial charge >= 0.3 is 12.0 Å². The number of imidazole rings is 1. The van der Waals surface area contributed by atoms with E-state index in [4.69, 9.17) is 4.74 Å². The van der Waals surface area contributed by atoms with Gasteiger partial charge in [-0.05, 0) is 39.0 Å². The summed E-state index contributed by atoms with van der Waals surface area (Å²) < 4.78 is 5.87. The number of hydrazine groups is 1. The van der Waals surface area contributed by atoms with Crippen LogP contribution in [0.5, 0.6) is 0 Å². The summed E-state index contributed by atoms with van der Waals surface area (Å²) in [6, 6.07) is 5.40. The lowest BCUT2D eigenvalue weighted by molar-refractivity contribution is 0.0482. The predicted molar refractivity (Wildman–Crippen MR) is 80.6 cm³/mol. The highest BCUT2D eigenvalue weighted by Crippen LogP contribution is 2.17. The van der Waals surface area contributed by atoms with Crippen molar-refractivity contribution in [3.63, 3.8) is 0 Å². The number of carbonyl (C=O) groups excluding carboxylic acids is 2. The molecule has 0 spiro atoms. The van der Waals surface area contributed by atoms with Crippen LogP contribution in [0.1, 0.15) is 31.4 Å². The van der Waals surface area contributed by atoms with E-state index in [-0.39, 0.29) is 5.82 Å². The van der Waals surface area contributed by atoms with Crippen LogP contribution in [0.3, 0.4) is 0 Å². The Morgan fingerprint density at radius 3 is 2.67 bits per heavy atom. The molecule has 7 nitrogen and oxygen atoms in total. The maximum atomic E-state index is 11.9. The number of aromatic amines is 1. The normalized spacial score (nSPS) is 11.2. The molecule has 0 unspecified atom stereocenters. The van der Waals surface area contributed by atoms with Crippen molar-refractivity contribution in [1.82, 2.24) is 20.8 Å². The van der Waals surface area contributed by atoms with Gasteiger partial charge in [-0.2, -0.15) is 0 Å². The van der Waals surface area contributed by atoms with Gasteiger partial charge in [0.05, 0.1) is 11.0 Å². The van der Waals surface area contributed by atoms with Crippen LogP contribution in [-0.4, -0.2) is 27.6 Å². The molecule has 2 rings (SSSR count). The number of hydrogen-bond acceptors (Lipinski definition) is 4. The molecule has 0 fully saturated rings. The van der Waals surface area contributed by atoms with Crippen LogP contribution in [0.2, 0.25) is 0 Å². The van der Waals surface area contributed by atoms with Crippen LogP contribution in [0.15, 0.2) is 22.7 Å². The summed E-state index contributed by atoms with van der Waals surface area (Å²) >= 11 is 3.33. The topological polar surface area (TPSA) is 96.1 Å². The van der Waals surface area contributed by atoms with E-state index in [2.05, 4.69) is 36.7 Å². The number of nitrogens with zero attached hydrogens (tertiary/aromatic N) is 1. The Kier molecular flexibility index (Phi) is 4.17. The fourth-order valence-corrected chi connectivity index (χ4v) is 1.92. The largest absolute Gasteiger partial charge is 0.443 e. The molecule has 0 aliphatic carbocycles. The molecule has 3 N–H and O–H groups in total. The molecule has 0 bridgehead atoms. The molecule has 8 heteroatoms. The third-order valence-corrected chi connectivity index (χ3v) is 2.83. The highest BCUT2D eigenvalue weighted by Gasteiger charge is 2.17. The van der Waals surface area contributed by atoms with Gasteiger partial charge in [-0.1, -0.05) is 15.9 Å². The van der Waals surface area contributed by atoms with Crippen LogP contribution < -0.4 is 10.9 Å². The van der Waals surface area contributed by atoms with Gasteiger partial charge in [-0.25, -0.2) is 15.2 Å². The average Bonchev–Trinajstić information content (AvgIpc) is 2.76. The van der Waals surface area contributed by atoms with E-state index in [0.717, 1.165) is 4.47 Å². The van der Waals surface area contributed by atoms with Crippen LogP contribution in [0, 0.1) is 0 Å². The summed E-state index contributed by atoms with van der Waals surface area (Å²) in [5.41, 5.74) is 5.12. The van der Waals surface area contributed by atoms with E-state index in [1.165, 1.54) is 0 Å². The second kappa shape index (κ2) is 5.72. The van der Waals surface area contributed by atoms with Crippen LogP contribution in [-0.2, 0) is 4.74 Å². The molecular weight excluding hydrogens is 340 g/mol. The van der Waals surface area contributed by atoms with E-state index in [0.29, 0.717) is 11.0 Å². The van der Waals surface area contributed by atoms with E-state index in [1.807, 2.05) is 6.07 Å². The lowest BCUT2D eigenvalue weighted by Gasteiger charge is -2.19. The Balaban J connectivity index is 2.01. The first-order valence-electron chi connectivity index (χ1n) is 6.19. The van der Waals surface area contributed by atoms with E-state index in [1.54, 1.807) is 32.9 Å². The zero-order valence-electron chi connectivity index (χ0n) is 11.8. The summed E-state index contributed by atoms with van der Waals surface area (Å²) in [5, 5.41) is 0. The monoisotopic (exact) mass is 354 g/mol. The lowest BCUT2D eigenvalue weighted by Crippen LogP contribution is -2.44. The number of rotatable bonds is 1. The SMILES string of the molecule is CC(C)(C)OC(=O)NNC(=O)c1nc2ccc(Br)cc2[nH]1. The van der Waals surface area contributed by atoms with Crippen molar-refractivity contribution in [2.45, 2.75) is 26.4 Å². The molecule has 0 saturated heterocycles. The van der Waals surface area contributed by atoms with Gasteiger partial charge in [0, 0.05) is 4.47 Å². The number of halogens is 1. The Labute approximate surface area is 129 Å². The number of carbonyl (C=O) groups is 2. The highest BCUT2D eigenvalue weighted by atomic mass is 79.9. The average molecular weight is 355 g/mol. The molecule has 0 atom stereocenters. The van der Waals surface area contributed by atoms with E-state index >= 15 is 0 Å². The maximum absolute atomic E-state index is 11.9. The van der Waals surface area contributed by atoms with E-state index in [9.17, 15) is 9.59 Å². The minimum Gasteiger partial charge on any atom is -0.443 e. The van der Waals surface area contributed by atoms with Crippen LogP contribution in [0.4, 0.5) is 4.79 Å². The Morgan fingerprint density at radius 1 is 1.29 bits per heavy atom. The predicted octanol–water partition coefficient (Wildman–Crippen LogP) is 2.49. The third kappa shape index (κ3) is 4.19. The zero-order valence-corrected chi connectivity index (χ0v) is 13.4. The molecule has 0 aliphatic heterocycles. The van der Waals surface area contributed by atoms with Crippen molar-refractivity contribution in [3.05, 3.63) is 28.5 Å². The van der Waals surface area contributed by atoms with E-state index < -0.39 is 17.6 Å². The second-order valence-corrected chi connectivity index (χ2v) is 6.24. The Bertz CT molecular complexity index is 690. The molecular formula is C13H15BrN4O3. The Morgan fingerprint density at radius 2 is 2.00 bits per heavy atom. The number of amides is 2. The fraction of sp³-hybridized carbons (Fsp3) is 0.308. The van der Waals surface area contributed by atoms with Crippen molar-refractivity contribution in [3.8, 4) is 0 Å². The molecule has 0 aliphatic rings. The van der Waals surface area contributed by atoms with Gasteiger partial charge in [0.2, 0.25) is 0 Å². The maximum Gasteiger partial charge on any atom is 0.426 e. The highest BCUT2D eigenvalue weighted by molar-refractivity contribution is 9.10. The molecule has 0 radical (unpaired) electrons. The molecule has 0 saturated carbocycles. The standard InChI is InChI=1S/C13H15BrN4O3/c1-13(2,3)21-12(20)18-17-11(19)10-15-8-5-4-7(14)6-9(8)16-10/h4-6H,1-3H3,(H,15,16)(H,17,19)(H,18,20). The molecule has 1 heterocycles. The first-order valence-corrected chi connectivity index (χ1v) is 6.98. The van der Waals surface area contributed by atoms with Gasteiger partial charge in [0.1, 0.15) is 5.60 Å². The Hall–Kier alpha value is -2.09. The number of hydrogen-bond donors (Lipinski definition) is 3. The second-order valence-electron chi connectivity index (χ2n) is 5.33. The lowest BCUT2D eigenvalue weighted by atomic mass is 10.2. The molecule has 2 amide bonds. The number of ether oxygens (including phenoxy) is 1. The minimum absolute atomic E-state index is 0.0964. The first kappa shape index (κ1) is 15.3. The number of aromatic nitrogens is 2. The van der Waals surface area contributed by atoms with Crippen molar-refractivity contribution in [2.75, 3.05) is 0 Å². The molecule has 112 valence electrons. The summed E-state index contributed by atoms with van der Waals surface area (Å²) in [6.07, 6.45) is -0.741. The smallest absolute Gasteiger partial charge is 0.426 e. The van der Waals surface area contributed by atoms with Gasteiger partial charge < -0.3 is 9.72 Å². The van der Waals surface area contributed by atoms with Crippen molar-refractivity contribution >= 4 is 39.0 Å². The summed E-state index contributed by atoms with van der Waals surface area (Å²) in [5.74, 6) is -0.465. The van der Waals surface area contributed by atoms with Gasteiger partial charge in [-0.3, -0.25) is 10.2 Å². The molecule has 1 aromatic carbocycles. The zero-order chi connectivity index (χ0) is 15.6. The summed E-state index contributed by atoms with van der Waals surface area (Å²) in [7, 11) is 0. The number of nitrogens with one attached hydrogen (secondary N) is 3. The van der Waals surface area contributed by atoms with Crippen molar-refractivity contribution in [2.24, 2.45) is 0 Å². The van der Waals surface area contributed by atoms with Gasteiger partial charge in [0.25, 0.3) is 0 Å². The van der Waals surface area contributed by atoms with Crippen molar-refractivity contribution in [1.29, 1.82) is 0 Å². The molecule has 1 aromatic heterocycles. The third-order valence-electron chi connectivity index (χ3n) is 2.34. The summed E-state index contributed by atoms with van der Waals surface area (Å²) in [6.45, 7) is 5.18. The van der Waals surface area contributed by atoms with Gasteiger partial charge in [0.15, 0.2) is 5.82 Å². The number of benzene rings is 1. The van der Waals surface area contributed by atoms with Crippen molar-refractivity contribution < 1.29 is 14.3 Å². The van der Waals surface area contributed by atoms with Crippen LogP contribution >= 0.6 is 15.9 Å². The number of H-pyrrole nitrogens is 1. The summed E-state index contributed by atoms with van der Waals surface area (Å²) in [4.78, 5) is 30.3. The fourth-order valence-electron chi connectivity index (χ4n) is 1.56. The first-order chi connectivity index (χ1) is 9.74. The minimum atomic E-state index is -0.741. The number of fused-ring (bicyclic) bond motifs is 1. The quantitative estimate of drug-likeness (QED) is 0.685. The van der Waals surface area contributed by atoms with Crippen LogP contribution in [0.25, 0.3) is 11.0 Å². The van der Waals surface area contributed by atoms with Gasteiger partial charge in [-0.15, -0.1) is 0 Å².